The van der Waals surface area contributed by atoms with Crippen LogP contribution in [0.2, 0.25) is 0 Å². The Balaban J connectivity index is 1.74. The number of ether oxygens (including phenoxy) is 1. The van der Waals surface area contributed by atoms with E-state index in [4.69, 9.17) is 17.0 Å². The SMILES string of the molecule is Cc1cccc(OCCn2c(=S)[nH]c3cnccc32)c1. The van der Waals surface area contributed by atoms with Gasteiger partial charge in [0.2, 0.25) is 0 Å². The van der Waals surface area contributed by atoms with Crippen LogP contribution in [0.15, 0.2) is 42.7 Å². The summed E-state index contributed by atoms with van der Waals surface area (Å²) in [6.45, 7) is 3.33. The van der Waals surface area contributed by atoms with Crippen LogP contribution >= 0.6 is 12.2 Å². The van der Waals surface area contributed by atoms with Gasteiger partial charge in [0.25, 0.3) is 0 Å². The lowest BCUT2D eigenvalue weighted by Crippen LogP contribution is -2.08. The number of aromatic nitrogens is 3. The van der Waals surface area contributed by atoms with Crippen molar-refractivity contribution < 1.29 is 4.74 Å². The highest BCUT2D eigenvalue weighted by molar-refractivity contribution is 7.71. The molecule has 102 valence electrons. The fourth-order valence-electron chi connectivity index (χ4n) is 2.19. The number of rotatable bonds is 4. The Morgan fingerprint density at radius 3 is 3.10 bits per heavy atom. The zero-order valence-corrected chi connectivity index (χ0v) is 12.0. The highest BCUT2D eigenvalue weighted by atomic mass is 32.1. The minimum atomic E-state index is 0.576. The maximum absolute atomic E-state index is 5.77. The van der Waals surface area contributed by atoms with Crippen LogP contribution in [0.25, 0.3) is 11.0 Å². The van der Waals surface area contributed by atoms with Gasteiger partial charge in [0.15, 0.2) is 4.77 Å². The first kappa shape index (κ1) is 12.9. The molecule has 0 amide bonds. The number of pyridine rings is 1. The fourth-order valence-corrected chi connectivity index (χ4v) is 2.49. The van der Waals surface area contributed by atoms with Gasteiger partial charge in [0.1, 0.15) is 12.4 Å². The molecule has 3 rings (SSSR count). The molecule has 0 atom stereocenters. The second-order valence-corrected chi connectivity index (χ2v) is 5.03. The molecule has 2 heterocycles. The number of nitrogens with zero attached hydrogens (tertiary/aromatic N) is 2. The summed E-state index contributed by atoms with van der Waals surface area (Å²) in [7, 11) is 0. The van der Waals surface area contributed by atoms with Crippen LogP contribution in [0.4, 0.5) is 0 Å². The van der Waals surface area contributed by atoms with Crippen molar-refractivity contribution in [3.8, 4) is 5.75 Å². The maximum atomic E-state index is 5.77. The van der Waals surface area contributed by atoms with Gasteiger partial charge in [-0.15, -0.1) is 0 Å². The van der Waals surface area contributed by atoms with E-state index in [1.807, 2.05) is 28.8 Å². The first-order valence-electron chi connectivity index (χ1n) is 6.46. The molecule has 0 aliphatic heterocycles. The Bertz CT molecular complexity index is 791. The van der Waals surface area contributed by atoms with Gasteiger partial charge < -0.3 is 14.3 Å². The molecule has 0 bridgehead atoms. The average molecular weight is 285 g/mol. The molecule has 20 heavy (non-hydrogen) atoms. The maximum Gasteiger partial charge on any atom is 0.178 e. The molecule has 0 aliphatic rings. The van der Waals surface area contributed by atoms with Crippen LogP contribution in [-0.4, -0.2) is 21.1 Å². The Morgan fingerprint density at radius 2 is 2.25 bits per heavy atom. The van der Waals surface area contributed by atoms with Crippen molar-refractivity contribution in [3.63, 3.8) is 0 Å². The Labute approximate surface area is 122 Å². The summed E-state index contributed by atoms with van der Waals surface area (Å²) in [5, 5.41) is 0. The van der Waals surface area contributed by atoms with E-state index in [9.17, 15) is 0 Å². The number of hydrogen-bond donors (Lipinski definition) is 1. The van der Waals surface area contributed by atoms with Gasteiger partial charge in [-0.2, -0.15) is 0 Å². The highest BCUT2D eigenvalue weighted by Crippen LogP contribution is 2.14. The van der Waals surface area contributed by atoms with Gasteiger partial charge in [-0.05, 0) is 42.9 Å². The Kier molecular flexibility index (Phi) is 3.52. The van der Waals surface area contributed by atoms with Crippen molar-refractivity contribution in [2.45, 2.75) is 13.5 Å². The summed E-state index contributed by atoms with van der Waals surface area (Å²) in [5.41, 5.74) is 3.20. The number of nitrogens with one attached hydrogen (secondary N) is 1. The third kappa shape index (κ3) is 2.58. The van der Waals surface area contributed by atoms with E-state index in [-0.39, 0.29) is 0 Å². The van der Waals surface area contributed by atoms with E-state index in [1.54, 1.807) is 12.4 Å². The number of imidazole rings is 1. The second kappa shape index (κ2) is 5.46. The second-order valence-electron chi connectivity index (χ2n) is 4.64. The van der Waals surface area contributed by atoms with Crippen molar-refractivity contribution in [2.24, 2.45) is 0 Å². The lowest BCUT2D eigenvalue weighted by atomic mass is 10.2. The molecular weight excluding hydrogens is 270 g/mol. The van der Waals surface area contributed by atoms with Gasteiger partial charge in [-0.3, -0.25) is 4.98 Å². The summed E-state index contributed by atoms with van der Waals surface area (Å²) in [5.74, 6) is 0.887. The summed E-state index contributed by atoms with van der Waals surface area (Å²) in [4.78, 5) is 7.23. The molecular formula is C15H15N3OS. The zero-order chi connectivity index (χ0) is 13.9. The van der Waals surface area contributed by atoms with Crippen LogP contribution < -0.4 is 4.74 Å². The predicted molar refractivity (Wildman–Crippen MR) is 81.6 cm³/mol. The van der Waals surface area contributed by atoms with E-state index < -0.39 is 0 Å². The molecule has 1 aromatic carbocycles. The van der Waals surface area contributed by atoms with E-state index in [0.717, 1.165) is 16.8 Å². The largest absolute Gasteiger partial charge is 0.492 e. The minimum Gasteiger partial charge on any atom is -0.492 e. The van der Waals surface area contributed by atoms with Gasteiger partial charge in [0, 0.05) is 6.20 Å². The molecule has 3 aromatic rings. The number of hydrogen-bond acceptors (Lipinski definition) is 3. The van der Waals surface area contributed by atoms with Gasteiger partial charge >= 0.3 is 0 Å². The quantitative estimate of drug-likeness (QED) is 0.746. The smallest absolute Gasteiger partial charge is 0.178 e. The molecule has 0 saturated carbocycles. The number of fused-ring (bicyclic) bond motifs is 1. The molecule has 0 spiro atoms. The predicted octanol–water partition coefficient (Wildman–Crippen LogP) is 3.48. The number of aromatic amines is 1. The van der Waals surface area contributed by atoms with Crippen LogP contribution in [0.3, 0.4) is 0 Å². The highest BCUT2D eigenvalue weighted by Gasteiger charge is 2.04. The van der Waals surface area contributed by atoms with Crippen molar-refractivity contribution >= 4 is 23.3 Å². The lowest BCUT2D eigenvalue weighted by molar-refractivity contribution is 0.299. The molecule has 0 saturated heterocycles. The summed E-state index contributed by atoms with van der Waals surface area (Å²) in [6.07, 6.45) is 3.55. The first-order chi connectivity index (χ1) is 9.74. The monoisotopic (exact) mass is 285 g/mol. The van der Waals surface area contributed by atoms with E-state index in [0.29, 0.717) is 17.9 Å². The van der Waals surface area contributed by atoms with E-state index >= 15 is 0 Å². The van der Waals surface area contributed by atoms with Crippen molar-refractivity contribution in [3.05, 3.63) is 53.1 Å². The first-order valence-corrected chi connectivity index (χ1v) is 6.87. The summed E-state index contributed by atoms with van der Waals surface area (Å²) < 4.78 is 8.49. The van der Waals surface area contributed by atoms with Gasteiger partial charge in [-0.25, -0.2) is 0 Å². The third-order valence-electron chi connectivity index (χ3n) is 3.15. The van der Waals surface area contributed by atoms with Crippen molar-refractivity contribution in [1.82, 2.24) is 14.5 Å². The normalized spacial score (nSPS) is 10.8. The average Bonchev–Trinajstić information content (AvgIpc) is 2.75. The molecule has 0 fully saturated rings. The number of benzene rings is 1. The van der Waals surface area contributed by atoms with Crippen molar-refractivity contribution in [2.75, 3.05) is 6.61 Å². The van der Waals surface area contributed by atoms with Gasteiger partial charge in [0.05, 0.1) is 23.8 Å². The lowest BCUT2D eigenvalue weighted by Gasteiger charge is -2.08. The van der Waals surface area contributed by atoms with Crippen LogP contribution in [0, 0.1) is 11.7 Å². The summed E-state index contributed by atoms with van der Waals surface area (Å²) >= 11 is 5.33. The summed E-state index contributed by atoms with van der Waals surface area (Å²) in [6, 6.07) is 9.99. The minimum absolute atomic E-state index is 0.576. The Morgan fingerprint density at radius 1 is 1.35 bits per heavy atom. The van der Waals surface area contributed by atoms with E-state index in [2.05, 4.69) is 23.0 Å². The zero-order valence-electron chi connectivity index (χ0n) is 11.2. The standard InChI is InChI=1S/C15H15N3OS/c1-11-3-2-4-12(9-11)19-8-7-18-14-5-6-16-10-13(14)17-15(18)20/h2-6,9-10H,7-8H2,1H3,(H,17,20). The number of aryl methyl sites for hydroxylation is 1. The van der Waals surface area contributed by atoms with E-state index in [1.165, 1.54) is 5.56 Å². The third-order valence-corrected chi connectivity index (χ3v) is 3.47. The van der Waals surface area contributed by atoms with Crippen LogP contribution in [0.5, 0.6) is 5.75 Å². The van der Waals surface area contributed by atoms with Crippen LogP contribution in [-0.2, 0) is 6.54 Å². The molecule has 1 N–H and O–H groups in total. The fraction of sp³-hybridized carbons (Fsp3) is 0.200. The molecule has 4 nitrogen and oxygen atoms in total. The Hall–Kier alpha value is -2.14. The van der Waals surface area contributed by atoms with Crippen molar-refractivity contribution in [1.29, 1.82) is 0 Å². The van der Waals surface area contributed by atoms with Crippen LogP contribution in [0.1, 0.15) is 5.56 Å². The molecule has 0 radical (unpaired) electrons. The molecule has 5 heteroatoms. The topological polar surface area (TPSA) is 42.8 Å². The number of H-pyrrole nitrogens is 1. The molecule has 0 unspecified atom stereocenters. The molecule has 2 aromatic heterocycles. The van der Waals surface area contributed by atoms with Gasteiger partial charge in [-0.1, -0.05) is 12.1 Å². The molecule has 0 aliphatic carbocycles.